The summed E-state index contributed by atoms with van der Waals surface area (Å²) in [5, 5.41) is 0. The molecule has 2 atom stereocenters. The zero-order valence-corrected chi connectivity index (χ0v) is 19.6. The van der Waals surface area contributed by atoms with E-state index in [9.17, 15) is 0 Å². The molecule has 0 radical (unpaired) electrons. The molecule has 0 amide bonds. The van der Waals surface area contributed by atoms with Crippen molar-refractivity contribution < 1.29 is 0 Å². The van der Waals surface area contributed by atoms with Gasteiger partial charge in [-0.3, -0.25) is 9.80 Å². The minimum Gasteiger partial charge on any atom is -0.298 e. The molecule has 0 aliphatic carbocycles. The Morgan fingerprint density at radius 2 is 1.42 bits per heavy atom. The highest BCUT2D eigenvalue weighted by atomic mass is 79.9. The van der Waals surface area contributed by atoms with Crippen LogP contribution >= 0.6 is 15.9 Å². The maximum atomic E-state index is 3.70. The molecule has 0 aromatic heterocycles. The van der Waals surface area contributed by atoms with Gasteiger partial charge in [-0.25, -0.2) is 0 Å². The molecule has 31 heavy (non-hydrogen) atoms. The third-order valence-electron chi connectivity index (χ3n) is 7.16. The van der Waals surface area contributed by atoms with Crippen molar-refractivity contribution in [2.75, 3.05) is 26.2 Å². The Labute approximate surface area is 195 Å². The summed E-state index contributed by atoms with van der Waals surface area (Å²) in [5.41, 5.74) is 4.40. The number of hydrogen-bond donors (Lipinski definition) is 0. The van der Waals surface area contributed by atoms with Gasteiger partial charge in [0.1, 0.15) is 0 Å². The van der Waals surface area contributed by atoms with Crippen molar-refractivity contribution in [3.8, 4) is 0 Å². The van der Waals surface area contributed by atoms with Crippen LogP contribution in [0.4, 0.5) is 0 Å². The van der Waals surface area contributed by atoms with E-state index in [0.29, 0.717) is 17.9 Å². The normalized spacial score (nSPS) is 23.3. The van der Waals surface area contributed by atoms with Gasteiger partial charge in [0.2, 0.25) is 0 Å². The van der Waals surface area contributed by atoms with Crippen LogP contribution in [0.25, 0.3) is 0 Å². The smallest absolute Gasteiger partial charge is 0.0304 e. The largest absolute Gasteiger partial charge is 0.298 e. The maximum absolute atomic E-state index is 3.70. The molecule has 2 nitrogen and oxygen atoms in total. The summed E-state index contributed by atoms with van der Waals surface area (Å²) in [4.78, 5) is 5.45. The van der Waals surface area contributed by atoms with Gasteiger partial charge in [-0.05, 0) is 60.7 Å². The minimum absolute atomic E-state index is 0.564. The third kappa shape index (κ3) is 4.95. The van der Waals surface area contributed by atoms with Gasteiger partial charge in [0.25, 0.3) is 0 Å². The van der Waals surface area contributed by atoms with Gasteiger partial charge < -0.3 is 0 Å². The van der Waals surface area contributed by atoms with Crippen LogP contribution in [0.1, 0.15) is 41.4 Å². The summed E-state index contributed by atoms with van der Waals surface area (Å²) in [6.45, 7) is 5.74. The van der Waals surface area contributed by atoms with Crippen LogP contribution < -0.4 is 0 Å². The molecule has 0 N–H and O–H groups in total. The van der Waals surface area contributed by atoms with Gasteiger partial charge in [-0.2, -0.15) is 0 Å². The SMILES string of the molecule is Brc1cccc([C@H]2CN(Cc3ccccc3)C[C@@H]2N2CCC(c3ccccc3)CC2)c1. The molecule has 0 spiro atoms. The van der Waals surface area contributed by atoms with E-state index in [4.69, 9.17) is 0 Å². The topological polar surface area (TPSA) is 6.48 Å². The highest BCUT2D eigenvalue weighted by Gasteiger charge is 2.38. The van der Waals surface area contributed by atoms with Gasteiger partial charge in [0.15, 0.2) is 0 Å². The van der Waals surface area contributed by atoms with E-state index in [0.717, 1.165) is 19.6 Å². The van der Waals surface area contributed by atoms with Crippen molar-refractivity contribution in [1.29, 1.82) is 0 Å². The van der Waals surface area contributed by atoms with Gasteiger partial charge >= 0.3 is 0 Å². The van der Waals surface area contributed by atoms with Crippen LogP contribution in [-0.4, -0.2) is 42.0 Å². The molecule has 2 aliphatic rings. The summed E-state index contributed by atoms with van der Waals surface area (Å²) >= 11 is 3.70. The van der Waals surface area contributed by atoms with E-state index < -0.39 is 0 Å². The Bertz CT molecular complexity index is 967. The second-order valence-electron chi connectivity index (χ2n) is 9.13. The zero-order valence-electron chi connectivity index (χ0n) is 18.0. The highest BCUT2D eigenvalue weighted by molar-refractivity contribution is 9.10. The highest BCUT2D eigenvalue weighted by Crippen LogP contribution is 2.36. The number of piperidine rings is 1. The summed E-state index contributed by atoms with van der Waals surface area (Å²) in [6, 6.07) is 31.6. The summed E-state index contributed by atoms with van der Waals surface area (Å²) in [7, 11) is 0. The van der Waals surface area contributed by atoms with E-state index in [1.54, 1.807) is 0 Å². The molecule has 2 saturated heterocycles. The van der Waals surface area contributed by atoms with Crippen LogP contribution in [-0.2, 0) is 6.54 Å². The predicted molar refractivity (Wildman–Crippen MR) is 132 cm³/mol. The Balaban J connectivity index is 1.32. The number of halogens is 1. The lowest BCUT2D eigenvalue weighted by Gasteiger charge is -2.38. The zero-order chi connectivity index (χ0) is 21.0. The van der Waals surface area contributed by atoms with Crippen LogP contribution in [0.3, 0.4) is 0 Å². The van der Waals surface area contributed by atoms with E-state index in [1.165, 1.54) is 47.1 Å². The van der Waals surface area contributed by atoms with Gasteiger partial charge in [0, 0.05) is 36.1 Å². The molecule has 0 bridgehead atoms. The molecule has 5 rings (SSSR count). The van der Waals surface area contributed by atoms with Crippen molar-refractivity contribution in [2.45, 2.75) is 37.3 Å². The number of likely N-dealkylation sites (tertiary alicyclic amines) is 2. The number of rotatable bonds is 5. The van der Waals surface area contributed by atoms with Crippen LogP contribution in [0.5, 0.6) is 0 Å². The molecule has 160 valence electrons. The third-order valence-corrected chi connectivity index (χ3v) is 7.65. The fourth-order valence-electron chi connectivity index (χ4n) is 5.56. The van der Waals surface area contributed by atoms with Gasteiger partial charge in [-0.1, -0.05) is 88.7 Å². The average Bonchev–Trinajstić information content (AvgIpc) is 3.24. The lowest BCUT2D eigenvalue weighted by atomic mass is 9.87. The van der Waals surface area contributed by atoms with Crippen LogP contribution in [0.15, 0.2) is 89.4 Å². The summed E-state index contributed by atoms with van der Waals surface area (Å²) < 4.78 is 1.19. The summed E-state index contributed by atoms with van der Waals surface area (Å²) in [5.74, 6) is 1.28. The first-order valence-electron chi connectivity index (χ1n) is 11.6. The molecule has 0 saturated carbocycles. The number of hydrogen-bond acceptors (Lipinski definition) is 2. The minimum atomic E-state index is 0.564. The van der Waals surface area contributed by atoms with Crippen LogP contribution in [0.2, 0.25) is 0 Å². The standard InChI is InChI=1S/C28H31BrN2/c29-26-13-7-12-25(18-26)27-20-30(19-22-8-3-1-4-9-22)21-28(27)31-16-14-24(15-17-31)23-10-5-2-6-11-23/h1-13,18,24,27-28H,14-17,19-21H2/t27-,28+/m1/s1. The van der Waals surface area contributed by atoms with Crippen molar-refractivity contribution in [2.24, 2.45) is 0 Å². The monoisotopic (exact) mass is 474 g/mol. The maximum Gasteiger partial charge on any atom is 0.0304 e. The molecular weight excluding hydrogens is 444 g/mol. The van der Waals surface area contributed by atoms with Crippen LogP contribution in [0, 0.1) is 0 Å². The lowest BCUT2D eigenvalue weighted by molar-refractivity contribution is 0.143. The average molecular weight is 475 g/mol. The molecule has 3 heteroatoms. The number of nitrogens with zero attached hydrogens (tertiary/aromatic N) is 2. The van der Waals surface area contributed by atoms with Crippen molar-refractivity contribution >= 4 is 15.9 Å². The van der Waals surface area contributed by atoms with E-state index in [1.807, 2.05) is 0 Å². The van der Waals surface area contributed by atoms with Gasteiger partial charge in [-0.15, -0.1) is 0 Å². The first-order valence-corrected chi connectivity index (χ1v) is 12.4. The Morgan fingerprint density at radius 1 is 0.742 bits per heavy atom. The molecule has 2 heterocycles. The molecule has 3 aromatic rings. The van der Waals surface area contributed by atoms with Crippen molar-refractivity contribution in [1.82, 2.24) is 9.80 Å². The molecule has 2 fully saturated rings. The predicted octanol–water partition coefficient (Wildman–Crippen LogP) is 6.30. The second-order valence-corrected chi connectivity index (χ2v) is 10.0. The molecule has 3 aromatic carbocycles. The first kappa shape index (κ1) is 20.9. The second kappa shape index (κ2) is 9.68. The summed E-state index contributed by atoms with van der Waals surface area (Å²) in [6.07, 6.45) is 2.54. The Hall–Kier alpha value is -1.94. The fraction of sp³-hybridized carbons (Fsp3) is 0.357. The van der Waals surface area contributed by atoms with Gasteiger partial charge in [0.05, 0.1) is 0 Å². The molecule has 2 aliphatic heterocycles. The molecular formula is C28H31BrN2. The van der Waals surface area contributed by atoms with Crippen molar-refractivity contribution in [3.63, 3.8) is 0 Å². The fourth-order valence-corrected chi connectivity index (χ4v) is 5.98. The van der Waals surface area contributed by atoms with Crippen molar-refractivity contribution in [3.05, 3.63) is 106 Å². The van der Waals surface area contributed by atoms with E-state index >= 15 is 0 Å². The Morgan fingerprint density at radius 3 is 2.13 bits per heavy atom. The van der Waals surface area contributed by atoms with E-state index in [2.05, 4.69) is 111 Å². The first-order chi connectivity index (χ1) is 15.3. The lowest BCUT2D eigenvalue weighted by Crippen LogP contribution is -2.44. The quantitative estimate of drug-likeness (QED) is 0.428. The Kier molecular flexibility index (Phi) is 6.54. The molecule has 0 unspecified atom stereocenters. The number of benzene rings is 3. The van der Waals surface area contributed by atoms with E-state index in [-0.39, 0.29) is 0 Å².